The second kappa shape index (κ2) is 10.7. The van der Waals surface area contributed by atoms with Crippen LogP contribution in [0.4, 0.5) is 4.39 Å². The van der Waals surface area contributed by atoms with Gasteiger partial charge >= 0.3 is 0 Å². The van der Waals surface area contributed by atoms with Gasteiger partial charge in [0.1, 0.15) is 5.82 Å². The predicted octanol–water partition coefficient (Wildman–Crippen LogP) is 2.35. The molecule has 2 aliphatic rings. The summed E-state index contributed by atoms with van der Waals surface area (Å²) in [6, 6.07) is 5.71. The SMILES string of the molecule is COCCN1C(=O)CC[C@@H](C(=O)NCCN2CCCCC2)[C@@H]1c1ccc(F)cc1. The summed E-state index contributed by atoms with van der Waals surface area (Å²) < 4.78 is 18.6. The van der Waals surface area contributed by atoms with Crippen LogP contribution in [0.3, 0.4) is 0 Å². The maximum Gasteiger partial charge on any atom is 0.225 e. The van der Waals surface area contributed by atoms with Crippen molar-refractivity contribution in [3.8, 4) is 0 Å². The average molecular weight is 406 g/mol. The molecule has 3 rings (SSSR count). The lowest BCUT2D eigenvalue weighted by molar-refractivity contribution is -0.144. The number of benzene rings is 1. The number of hydrogen-bond acceptors (Lipinski definition) is 4. The minimum absolute atomic E-state index is 0.00809. The van der Waals surface area contributed by atoms with Gasteiger partial charge in [0.15, 0.2) is 0 Å². The third-order valence-corrected chi connectivity index (χ3v) is 5.97. The Labute approximate surface area is 172 Å². The Hall–Kier alpha value is -1.99. The summed E-state index contributed by atoms with van der Waals surface area (Å²) in [6.45, 7) is 4.46. The molecular weight excluding hydrogens is 373 g/mol. The van der Waals surface area contributed by atoms with Crippen LogP contribution in [0.2, 0.25) is 0 Å². The molecule has 6 nitrogen and oxygen atoms in total. The Morgan fingerprint density at radius 1 is 1.17 bits per heavy atom. The van der Waals surface area contributed by atoms with Crippen molar-refractivity contribution in [1.29, 1.82) is 0 Å². The molecule has 2 aliphatic heterocycles. The van der Waals surface area contributed by atoms with Crippen LogP contribution in [0.1, 0.15) is 43.7 Å². The van der Waals surface area contributed by atoms with Crippen LogP contribution in [-0.2, 0) is 14.3 Å². The van der Waals surface area contributed by atoms with Gasteiger partial charge in [-0.1, -0.05) is 18.6 Å². The highest BCUT2D eigenvalue weighted by Gasteiger charge is 2.40. The number of likely N-dealkylation sites (tertiary alicyclic amines) is 2. The maximum atomic E-state index is 13.4. The van der Waals surface area contributed by atoms with Crippen LogP contribution >= 0.6 is 0 Å². The Bertz CT molecular complexity index is 676. The first-order valence-corrected chi connectivity index (χ1v) is 10.6. The number of methoxy groups -OCH3 is 1. The second-order valence-corrected chi connectivity index (χ2v) is 7.91. The highest BCUT2D eigenvalue weighted by molar-refractivity contribution is 5.85. The fourth-order valence-corrected chi connectivity index (χ4v) is 4.40. The Morgan fingerprint density at radius 3 is 2.59 bits per heavy atom. The first-order chi connectivity index (χ1) is 14.1. The molecule has 1 N–H and O–H groups in total. The number of ether oxygens (including phenoxy) is 1. The molecule has 0 bridgehead atoms. The molecule has 2 atom stereocenters. The molecule has 0 radical (unpaired) electrons. The minimum atomic E-state index is -0.401. The fraction of sp³-hybridized carbons (Fsp3) is 0.636. The molecule has 2 amide bonds. The highest BCUT2D eigenvalue weighted by atomic mass is 19.1. The van der Waals surface area contributed by atoms with Gasteiger partial charge in [-0.25, -0.2) is 4.39 Å². The molecule has 29 heavy (non-hydrogen) atoms. The number of hydrogen-bond donors (Lipinski definition) is 1. The molecule has 0 aliphatic carbocycles. The Morgan fingerprint density at radius 2 is 1.90 bits per heavy atom. The van der Waals surface area contributed by atoms with E-state index in [1.165, 1.54) is 31.4 Å². The van der Waals surface area contributed by atoms with Gasteiger partial charge in [-0.3, -0.25) is 9.59 Å². The third kappa shape index (κ3) is 5.76. The molecule has 0 aromatic heterocycles. The molecule has 2 saturated heterocycles. The lowest BCUT2D eigenvalue weighted by Gasteiger charge is -2.41. The van der Waals surface area contributed by atoms with Crippen LogP contribution < -0.4 is 5.32 Å². The van der Waals surface area contributed by atoms with Gasteiger partial charge in [-0.15, -0.1) is 0 Å². The number of rotatable bonds is 8. The number of carbonyl (C=O) groups excluding carboxylic acids is 2. The van der Waals surface area contributed by atoms with E-state index in [4.69, 9.17) is 4.74 Å². The topological polar surface area (TPSA) is 61.9 Å². The van der Waals surface area contributed by atoms with Crippen LogP contribution in [0.15, 0.2) is 24.3 Å². The summed E-state index contributed by atoms with van der Waals surface area (Å²) in [7, 11) is 1.59. The second-order valence-electron chi connectivity index (χ2n) is 7.91. The van der Waals surface area contributed by atoms with Gasteiger partial charge in [-0.2, -0.15) is 0 Å². The number of nitrogens with one attached hydrogen (secondary N) is 1. The first-order valence-electron chi connectivity index (χ1n) is 10.6. The van der Waals surface area contributed by atoms with E-state index in [0.29, 0.717) is 32.5 Å². The van der Waals surface area contributed by atoms with E-state index < -0.39 is 6.04 Å². The van der Waals surface area contributed by atoms with Crippen LogP contribution in [0.5, 0.6) is 0 Å². The van der Waals surface area contributed by atoms with E-state index in [2.05, 4.69) is 10.2 Å². The van der Waals surface area contributed by atoms with Crippen molar-refractivity contribution in [1.82, 2.24) is 15.1 Å². The number of piperidine rings is 2. The zero-order chi connectivity index (χ0) is 20.6. The van der Waals surface area contributed by atoms with Crippen LogP contribution in [-0.4, -0.2) is 68.1 Å². The zero-order valence-electron chi connectivity index (χ0n) is 17.2. The van der Waals surface area contributed by atoms with E-state index in [1.54, 1.807) is 24.1 Å². The molecule has 0 spiro atoms. The summed E-state index contributed by atoms with van der Waals surface area (Å²) >= 11 is 0. The molecule has 2 heterocycles. The van der Waals surface area contributed by atoms with E-state index in [-0.39, 0.29) is 23.5 Å². The van der Waals surface area contributed by atoms with Crippen molar-refractivity contribution >= 4 is 11.8 Å². The number of amides is 2. The summed E-state index contributed by atoms with van der Waals surface area (Å²) in [5.41, 5.74) is 0.784. The van der Waals surface area contributed by atoms with Crippen LogP contribution in [0.25, 0.3) is 0 Å². The van der Waals surface area contributed by atoms with E-state index in [1.807, 2.05) is 0 Å². The molecule has 7 heteroatoms. The highest BCUT2D eigenvalue weighted by Crippen LogP contribution is 2.36. The van der Waals surface area contributed by atoms with E-state index in [9.17, 15) is 14.0 Å². The standard InChI is InChI=1S/C22H32FN3O3/c1-29-16-15-26-20(27)10-9-19(21(26)17-5-7-18(23)8-6-17)22(28)24-11-14-25-12-3-2-4-13-25/h5-8,19,21H,2-4,9-16H2,1H3,(H,24,28)/t19-,21+/m1/s1. The first kappa shape index (κ1) is 21.7. The largest absolute Gasteiger partial charge is 0.383 e. The Kier molecular flexibility index (Phi) is 8.00. The van der Waals surface area contributed by atoms with Crippen molar-refractivity contribution in [2.75, 3.05) is 46.4 Å². The van der Waals surface area contributed by atoms with Gasteiger partial charge in [0.2, 0.25) is 11.8 Å². The van der Waals surface area contributed by atoms with Crippen molar-refractivity contribution < 1.29 is 18.7 Å². The normalized spacial score (nSPS) is 23.2. The van der Waals surface area contributed by atoms with E-state index >= 15 is 0 Å². The molecule has 160 valence electrons. The van der Waals surface area contributed by atoms with Crippen LogP contribution in [0, 0.1) is 11.7 Å². The summed E-state index contributed by atoms with van der Waals surface area (Å²) in [5, 5.41) is 3.08. The predicted molar refractivity (Wildman–Crippen MR) is 109 cm³/mol. The smallest absolute Gasteiger partial charge is 0.225 e. The molecule has 2 fully saturated rings. The molecule has 1 aromatic carbocycles. The third-order valence-electron chi connectivity index (χ3n) is 5.97. The lowest BCUT2D eigenvalue weighted by atomic mass is 9.83. The molecule has 1 aromatic rings. The van der Waals surface area contributed by atoms with Crippen molar-refractivity contribution in [3.05, 3.63) is 35.6 Å². The number of nitrogens with zero attached hydrogens (tertiary/aromatic N) is 2. The van der Waals surface area contributed by atoms with Gasteiger partial charge in [-0.05, 0) is 50.0 Å². The molecule has 0 unspecified atom stereocenters. The van der Waals surface area contributed by atoms with Crippen molar-refractivity contribution in [2.45, 2.75) is 38.1 Å². The monoisotopic (exact) mass is 405 g/mol. The number of halogens is 1. The van der Waals surface area contributed by atoms with Crippen molar-refractivity contribution in [3.63, 3.8) is 0 Å². The molecular formula is C22H32FN3O3. The maximum absolute atomic E-state index is 13.4. The summed E-state index contributed by atoms with van der Waals surface area (Å²) in [5.74, 6) is -0.710. The van der Waals surface area contributed by atoms with Gasteiger partial charge in [0.05, 0.1) is 18.6 Å². The fourth-order valence-electron chi connectivity index (χ4n) is 4.40. The van der Waals surface area contributed by atoms with E-state index in [0.717, 1.165) is 25.2 Å². The van der Waals surface area contributed by atoms with Gasteiger partial charge in [0, 0.05) is 33.2 Å². The number of carbonyl (C=O) groups is 2. The van der Waals surface area contributed by atoms with Gasteiger partial charge in [0.25, 0.3) is 0 Å². The van der Waals surface area contributed by atoms with Gasteiger partial charge < -0.3 is 19.9 Å². The zero-order valence-corrected chi connectivity index (χ0v) is 17.2. The summed E-state index contributed by atoms with van der Waals surface area (Å²) in [4.78, 5) is 29.7. The Balaban J connectivity index is 1.70. The quantitative estimate of drug-likeness (QED) is 0.721. The molecule has 0 saturated carbocycles. The average Bonchev–Trinajstić information content (AvgIpc) is 2.74. The minimum Gasteiger partial charge on any atom is -0.383 e. The summed E-state index contributed by atoms with van der Waals surface area (Å²) in [6.07, 6.45) is 4.57. The van der Waals surface area contributed by atoms with Crippen molar-refractivity contribution in [2.24, 2.45) is 5.92 Å². The lowest BCUT2D eigenvalue weighted by Crippen LogP contribution is -2.49.